The third kappa shape index (κ3) is 5.57. The van der Waals surface area contributed by atoms with E-state index in [1.807, 2.05) is 0 Å². The van der Waals surface area contributed by atoms with E-state index in [1.165, 1.54) is 37.3 Å². The minimum absolute atomic E-state index is 0. The molecule has 3 fully saturated rings. The van der Waals surface area contributed by atoms with Gasteiger partial charge in [0.25, 0.3) is 0 Å². The van der Waals surface area contributed by atoms with Crippen LogP contribution in [0.1, 0.15) is 37.9 Å². The number of fused-ring (bicyclic) bond motifs is 3. The Morgan fingerprint density at radius 1 is 1.15 bits per heavy atom. The number of guanidine groups is 1. The highest BCUT2D eigenvalue weighted by Crippen LogP contribution is 2.16. The van der Waals surface area contributed by atoms with E-state index in [-0.39, 0.29) is 30.0 Å². The van der Waals surface area contributed by atoms with E-state index < -0.39 is 0 Å². The maximum atomic E-state index is 4.88. The largest absolute Gasteiger partial charge is 0.357 e. The van der Waals surface area contributed by atoms with E-state index in [9.17, 15) is 0 Å². The van der Waals surface area contributed by atoms with Crippen LogP contribution < -0.4 is 10.6 Å². The maximum Gasteiger partial charge on any atom is 0.191 e. The SMILES string of the molecule is CCNC(=NCC1CN2CCN1CC2)NC(C)c1ccc(CC)cc1.I. The Kier molecular flexibility index (Phi) is 8.63. The zero-order valence-electron chi connectivity index (χ0n) is 16.4. The molecule has 0 aromatic heterocycles. The normalized spacial score (nSPS) is 26.1. The third-order valence-corrected chi connectivity index (χ3v) is 5.44. The zero-order chi connectivity index (χ0) is 17.6. The van der Waals surface area contributed by atoms with Crippen molar-refractivity contribution in [2.24, 2.45) is 4.99 Å². The molecule has 0 spiro atoms. The third-order valence-electron chi connectivity index (χ3n) is 5.44. The second kappa shape index (κ2) is 10.5. The first kappa shape index (κ1) is 21.4. The number of benzene rings is 1. The molecule has 146 valence electrons. The lowest BCUT2D eigenvalue weighted by Crippen LogP contribution is -2.62. The summed E-state index contributed by atoms with van der Waals surface area (Å²) in [5, 5.41) is 6.96. The van der Waals surface area contributed by atoms with Crippen LogP contribution in [0.4, 0.5) is 0 Å². The average Bonchev–Trinajstić information content (AvgIpc) is 2.67. The van der Waals surface area contributed by atoms with Gasteiger partial charge in [-0.2, -0.15) is 0 Å². The van der Waals surface area contributed by atoms with Crippen molar-refractivity contribution in [2.75, 3.05) is 45.8 Å². The average molecular weight is 471 g/mol. The number of piperazine rings is 3. The van der Waals surface area contributed by atoms with E-state index in [2.05, 4.69) is 65.5 Å². The first-order chi connectivity index (χ1) is 12.2. The highest BCUT2D eigenvalue weighted by molar-refractivity contribution is 14.0. The summed E-state index contributed by atoms with van der Waals surface area (Å²) in [6.45, 7) is 14.3. The summed E-state index contributed by atoms with van der Waals surface area (Å²) in [5.74, 6) is 0.923. The highest BCUT2D eigenvalue weighted by atomic mass is 127. The van der Waals surface area contributed by atoms with Crippen molar-refractivity contribution in [3.05, 3.63) is 35.4 Å². The molecule has 3 saturated heterocycles. The van der Waals surface area contributed by atoms with Gasteiger partial charge in [-0.3, -0.25) is 14.8 Å². The molecule has 6 heteroatoms. The predicted molar refractivity (Wildman–Crippen MR) is 121 cm³/mol. The first-order valence-electron chi connectivity index (χ1n) is 9.79. The van der Waals surface area contributed by atoms with Crippen LogP contribution in [0.25, 0.3) is 0 Å². The highest BCUT2D eigenvalue weighted by Gasteiger charge is 2.31. The molecule has 5 nitrogen and oxygen atoms in total. The van der Waals surface area contributed by atoms with Crippen LogP contribution in [0, 0.1) is 0 Å². The van der Waals surface area contributed by atoms with Crippen molar-refractivity contribution < 1.29 is 0 Å². The van der Waals surface area contributed by atoms with Crippen molar-refractivity contribution >= 4 is 29.9 Å². The van der Waals surface area contributed by atoms with Crippen LogP contribution in [0.5, 0.6) is 0 Å². The predicted octanol–water partition coefficient (Wildman–Crippen LogP) is 2.48. The van der Waals surface area contributed by atoms with Crippen LogP contribution in [-0.4, -0.2) is 67.6 Å². The fraction of sp³-hybridized carbons (Fsp3) is 0.650. The van der Waals surface area contributed by atoms with Gasteiger partial charge in [-0.25, -0.2) is 0 Å². The lowest BCUT2D eigenvalue weighted by molar-refractivity contribution is 0.0174. The zero-order valence-corrected chi connectivity index (χ0v) is 18.7. The molecule has 3 heterocycles. The summed E-state index contributed by atoms with van der Waals surface area (Å²) in [6, 6.07) is 9.70. The standard InChI is InChI=1S/C20H33N5.HI/c1-4-17-6-8-18(9-7-17)16(3)23-20(21-5-2)22-14-19-15-24-10-12-25(19)13-11-24;/h6-9,16,19H,4-5,10-15H2,1-3H3,(H2,21,22,23);1H. The summed E-state index contributed by atoms with van der Waals surface area (Å²) in [5.41, 5.74) is 2.68. The number of nitrogens with zero attached hydrogens (tertiary/aromatic N) is 3. The van der Waals surface area contributed by atoms with Gasteiger partial charge in [0, 0.05) is 45.3 Å². The van der Waals surface area contributed by atoms with E-state index in [1.54, 1.807) is 0 Å². The number of rotatable bonds is 6. The Labute approximate surface area is 175 Å². The molecule has 0 saturated carbocycles. The minimum Gasteiger partial charge on any atom is -0.357 e. The van der Waals surface area contributed by atoms with Gasteiger partial charge in [0.15, 0.2) is 5.96 Å². The molecule has 3 aliphatic rings. The minimum atomic E-state index is 0. The molecule has 0 amide bonds. The summed E-state index contributed by atoms with van der Waals surface area (Å²) in [4.78, 5) is 10.0. The number of hydrogen-bond donors (Lipinski definition) is 2. The quantitative estimate of drug-likeness (QED) is 0.380. The van der Waals surface area contributed by atoms with Crippen molar-refractivity contribution in [1.29, 1.82) is 0 Å². The van der Waals surface area contributed by atoms with Gasteiger partial charge in [0.2, 0.25) is 0 Å². The molecule has 1 aromatic carbocycles. The Morgan fingerprint density at radius 2 is 1.85 bits per heavy atom. The van der Waals surface area contributed by atoms with Crippen molar-refractivity contribution in [2.45, 2.75) is 39.3 Å². The Bertz CT molecular complexity index is 566. The smallest absolute Gasteiger partial charge is 0.191 e. The number of aryl methyl sites for hydroxylation is 1. The molecule has 0 aliphatic carbocycles. The fourth-order valence-electron chi connectivity index (χ4n) is 3.74. The maximum absolute atomic E-state index is 4.88. The lowest BCUT2D eigenvalue weighted by Gasteiger charge is -2.47. The number of aliphatic imine (C=N–C) groups is 1. The van der Waals surface area contributed by atoms with Crippen molar-refractivity contribution in [3.63, 3.8) is 0 Å². The number of hydrogen-bond acceptors (Lipinski definition) is 3. The Hall–Kier alpha value is -0.860. The summed E-state index contributed by atoms with van der Waals surface area (Å²) >= 11 is 0. The molecule has 4 rings (SSSR count). The molecule has 0 radical (unpaired) electrons. The number of halogens is 1. The fourth-order valence-corrected chi connectivity index (χ4v) is 3.74. The Balaban J connectivity index is 0.00000243. The molecular formula is C20H34IN5. The summed E-state index contributed by atoms with van der Waals surface area (Å²) in [7, 11) is 0. The first-order valence-corrected chi connectivity index (χ1v) is 9.79. The molecule has 2 unspecified atom stereocenters. The lowest BCUT2D eigenvalue weighted by atomic mass is 10.1. The van der Waals surface area contributed by atoms with Crippen LogP contribution in [0.15, 0.2) is 29.3 Å². The van der Waals surface area contributed by atoms with E-state index in [0.29, 0.717) is 6.04 Å². The molecule has 2 N–H and O–H groups in total. The topological polar surface area (TPSA) is 42.9 Å². The van der Waals surface area contributed by atoms with E-state index >= 15 is 0 Å². The summed E-state index contributed by atoms with van der Waals surface area (Å²) < 4.78 is 0. The van der Waals surface area contributed by atoms with Crippen LogP contribution in [0.2, 0.25) is 0 Å². The van der Waals surface area contributed by atoms with Gasteiger partial charge in [-0.05, 0) is 31.4 Å². The van der Waals surface area contributed by atoms with Gasteiger partial charge < -0.3 is 10.6 Å². The molecular weight excluding hydrogens is 437 g/mol. The van der Waals surface area contributed by atoms with Gasteiger partial charge in [-0.15, -0.1) is 24.0 Å². The second-order valence-corrected chi connectivity index (χ2v) is 7.17. The van der Waals surface area contributed by atoms with Gasteiger partial charge in [0.1, 0.15) is 0 Å². The molecule has 26 heavy (non-hydrogen) atoms. The van der Waals surface area contributed by atoms with Crippen LogP contribution in [-0.2, 0) is 6.42 Å². The monoisotopic (exact) mass is 471 g/mol. The molecule has 2 bridgehead atoms. The summed E-state index contributed by atoms with van der Waals surface area (Å²) in [6.07, 6.45) is 1.08. The van der Waals surface area contributed by atoms with Crippen LogP contribution in [0.3, 0.4) is 0 Å². The number of nitrogens with one attached hydrogen (secondary N) is 2. The van der Waals surface area contributed by atoms with Gasteiger partial charge in [-0.1, -0.05) is 31.2 Å². The van der Waals surface area contributed by atoms with Crippen molar-refractivity contribution in [3.8, 4) is 0 Å². The Morgan fingerprint density at radius 3 is 2.38 bits per heavy atom. The van der Waals surface area contributed by atoms with Crippen LogP contribution >= 0.6 is 24.0 Å². The van der Waals surface area contributed by atoms with E-state index in [4.69, 9.17) is 4.99 Å². The molecule has 1 aromatic rings. The van der Waals surface area contributed by atoms with Crippen molar-refractivity contribution in [1.82, 2.24) is 20.4 Å². The molecule has 2 atom stereocenters. The van der Waals surface area contributed by atoms with E-state index in [0.717, 1.165) is 32.0 Å². The van der Waals surface area contributed by atoms with Gasteiger partial charge >= 0.3 is 0 Å². The van der Waals surface area contributed by atoms with Gasteiger partial charge in [0.05, 0.1) is 12.6 Å². The second-order valence-electron chi connectivity index (χ2n) is 7.17. The molecule has 3 aliphatic heterocycles.